The standard InChI is InChI=1S/C21H23N3O3S/c1-27-13-12-24-21(26)18-10-6-5-9-17(18)19(23-24)15-22-20(25)11-14-28-16-7-3-2-4-8-16/h2-10H,11-15H2,1H3,(H,22,25). The molecule has 28 heavy (non-hydrogen) atoms. The smallest absolute Gasteiger partial charge is 0.274 e. The lowest BCUT2D eigenvalue weighted by atomic mass is 10.1. The number of ether oxygens (including phenoxy) is 1. The molecule has 3 aromatic rings. The van der Waals surface area contributed by atoms with Gasteiger partial charge in [0.2, 0.25) is 5.91 Å². The molecule has 1 heterocycles. The van der Waals surface area contributed by atoms with Crippen LogP contribution in [0, 0.1) is 0 Å². The number of nitrogens with zero attached hydrogens (tertiary/aromatic N) is 2. The first-order valence-electron chi connectivity index (χ1n) is 9.11. The van der Waals surface area contributed by atoms with Gasteiger partial charge in [0.25, 0.3) is 5.56 Å². The van der Waals surface area contributed by atoms with E-state index in [-0.39, 0.29) is 18.0 Å². The Morgan fingerprint density at radius 1 is 1.11 bits per heavy atom. The second kappa shape index (κ2) is 10.1. The Hall–Kier alpha value is -2.64. The first-order valence-corrected chi connectivity index (χ1v) is 10.1. The van der Waals surface area contributed by atoms with Crippen molar-refractivity contribution in [1.29, 1.82) is 0 Å². The van der Waals surface area contributed by atoms with Crippen LogP contribution < -0.4 is 10.9 Å². The molecule has 0 spiro atoms. The van der Waals surface area contributed by atoms with Crippen molar-refractivity contribution in [3.05, 3.63) is 70.6 Å². The number of thioether (sulfide) groups is 1. The number of nitrogens with one attached hydrogen (secondary N) is 1. The normalized spacial score (nSPS) is 10.9. The van der Waals surface area contributed by atoms with Crippen LogP contribution in [0.4, 0.5) is 0 Å². The van der Waals surface area contributed by atoms with Gasteiger partial charge in [-0.2, -0.15) is 5.10 Å². The van der Waals surface area contributed by atoms with Gasteiger partial charge in [-0.15, -0.1) is 11.8 Å². The summed E-state index contributed by atoms with van der Waals surface area (Å²) < 4.78 is 6.46. The van der Waals surface area contributed by atoms with E-state index in [4.69, 9.17) is 4.74 Å². The summed E-state index contributed by atoms with van der Waals surface area (Å²) in [6.07, 6.45) is 0.417. The monoisotopic (exact) mass is 397 g/mol. The van der Waals surface area contributed by atoms with E-state index in [1.807, 2.05) is 48.5 Å². The van der Waals surface area contributed by atoms with Crippen molar-refractivity contribution >= 4 is 28.4 Å². The van der Waals surface area contributed by atoms with Crippen molar-refractivity contribution in [2.75, 3.05) is 19.5 Å². The maximum absolute atomic E-state index is 12.6. The van der Waals surface area contributed by atoms with E-state index in [9.17, 15) is 9.59 Å². The fraction of sp³-hybridized carbons (Fsp3) is 0.286. The lowest BCUT2D eigenvalue weighted by Crippen LogP contribution is -2.29. The van der Waals surface area contributed by atoms with Crippen LogP contribution in [0.5, 0.6) is 0 Å². The molecule has 2 aromatic carbocycles. The number of hydrogen-bond acceptors (Lipinski definition) is 5. The van der Waals surface area contributed by atoms with Crippen LogP contribution in [-0.4, -0.2) is 35.2 Å². The van der Waals surface area contributed by atoms with E-state index in [2.05, 4.69) is 10.4 Å². The zero-order valence-corrected chi connectivity index (χ0v) is 16.6. The second-order valence-electron chi connectivity index (χ2n) is 6.20. The van der Waals surface area contributed by atoms with Gasteiger partial charge in [-0.05, 0) is 18.2 Å². The molecule has 7 heteroatoms. The van der Waals surface area contributed by atoms with Gasteiger partial charge in [0.1, 0.15) is 0 Å². The summed E-state index contributed by atoms with van der Waals surface area (Å²) >= 11 is 1.65. The minimum absolute atomic E-state index is 0.0380. The molecule has 0 saturated heterocycles. The number of hydrogen-bond donors (Lipinski definition) is 1. The summed E-state index contributed by atoms with van der Waals surface area (Å²) in [7, 11) is 1.58. The molecule has 0 radical (unpaired) electrons. The molecule has 0 unspecified atom stereocenters. The highest BCUT2D eigenvalue weighted by Gasteiger charge is 2.11. The molecule has 6 nitrogen and oxygen atoms in total. The van der Waals surface area contributed by atoms with Crippen molar-refractivity contribution in [3.63, 3.8) is 0 Å². The number of amides is 1. The number of carbonyl (C=O) groups is 1. The predicted molar refractivity (Wildman–Crippen MR) is 112 cm³/mol. The average molecular weight is 398 g/mol. The molecule has 0 aliphatic carbocycles. The zero-order valence-electron chi connectivity index (χ0n) is 15.8. The van der Waals surface area contributed by atoms with Gasteiger partial charge >= 0.3 is 0 Å². The topological polar surface area (TPSA) is 73.2 Å². The van der Waals surface area contributed by atoms with Crippen LogP contribution in [0.1, 0.15) is 12.1 Å². The quantitative estimate of drug-likeness (QED) is 0.562. The number of fused-ring (bicyclic) bond motifs is 1. The Bertz CT molecular complexity index is 989. The van der Waals surface area contributed by atoms with Crippen LogP contribution in [0.25, 0.3) is 10.8 Å². The summed E-state index contributed by atoms with van der Waals surface area (Å²) in [5, 5.41) is 8.72. The summed E-state index contributed by atoms with van der Waals surface area (Å²) in [5.74, 6) is 0.668. The molecule has 1 amide bonds. The van der Waals surface area contributed by atoms with Gasteiger partial charge < -0.3 is 10.1 Å². The number of aromatic nitrogens is 2. The Morgan fingerprint density at radius 3 is 2.57 bits per heavy atom. The second-order valence-corrected chi connectivity index (χ2v) is 7.37. The number of methoxy groups -OCH3 is 1. The molecule has 0 atom stereocenters. The van der Waals surface area contributed by atoms with Crippen LogP contribution in [0.2, 0.25) is 0 Å². The molecule has 0 aliphatic heterocycles. The fourth-order valence-corrected chi connectivity index (χ4v) is 3.69. The maximum Gasteiger partial charge on any atom is 0.274 e. The summed E-state index contributed by atoms with van der Waals surface area (Å²) in [5.41, 5.74) is 0.525. The van der Waals surface area contributed by atoms with Crippen molar-refractivity contribution in [1.82, 2.24) is 15.1 Å². The molecular weight excluding hydrogens is 374 g/mol. The van der Waals surface area contributed by atoms with E-state index in [1.165, 1.54) is 4.68 Å². The molecule has 0 bridgehead atoms. The molecule has 1 N–H and O–H groups in total. The number of carbonyl (C=O) groups excluding carboxylic acids is 1. The third-order valence-corrected chi connectivity index (χ3v) is 5.26. The summed E-state index contributed by atoms with van der Waals surface area (Å²) in [4.78, 5) is 25.9. The van der Waals surface area contributed by atoms with Crippen molar-refractivity contribution in [3.8, 4) is 0 Å². The van der Waals surface area contributed by atoms with Gasteiger partial charge in [0.05, 0.1) is 30.8 Å². The molecule has 1 aromatic heterocycles. The Labute approximate surface area is 167 Å². The van der Waals surface area contributed by atoms with Gasteiger partial charge in [0, 0.05) is 29.6 Å². The SMILES string of the molecule is COCCn1nc(CNC(=O)CCSc2ccccc2)c2ccccc2c1=O. The minimum atomic E-state index is -0.151. The summed E-state index contributed by atoms with van der Waals surface area (Å²) in [6, 6.07) is 17.3. The molecule has 0 aliphatic rings. The highest BCUT2D eigenvalue weighted by atomic mass is 32.2. The Balaban J connectivity index is 1.65. The molecule has 0 fully saturated rings. The van der Waals surface area contributed by atoms with Crippen molar-refractivity contribution < 1.29 is 9.53 Å². The van der Waals surface area contributed by atoms with Gasteiger partial charge in [-0.1, -0.05) is 36.4 Å². The van der Waals surface area contributed by atoms with E-state index in [1.54, 1.807) is 24.9 Å². The predicted octanol–water partition coefficient (Wildman–Crippen LogP) is 2.84. The van der Waals surface area contributed by atoms with Crippen LogP contribution in [-0.2, 0) is 22.6 Å². The van der Waals surface area contributed by atoms with Gasteiger partial charge in [-0.25, -0.2) is 4.68 Å². The molecule has 0 saturated carbocycles. The number of rotatable bonds is 9. The first kappa shape index (κ1) is 20.1. The van der Waals surface area contributed by atoms with E-state index < -0.39 is 0 Å². The highest BCUT2D eigenvalue weighted by Crippen LogP contribution is 2.18. The van der Waals surface area contributed by atoms with E-state index >= 15 is 0 Å². The van der Waals surface area contributed by atoms with Crippen molar-refractivity contribution in [2.45, 2.75) is 24.4 Å². The first-order chi connectivity index (χ1) is 13.7. The molecule has 3 rings (SSSR count). The number of benzene rings is 2. The Morgan fingerprint density at radius 2 is 1.82 bits per heavy atom. The average Bonchev–Trinajstić information content (AvgIpc) is 2.73. The third kappa shape index (κ3) is 5.21. The fourth-order valence-electron chi connectivity index (χ4n) is 2.81. The maximum atomic E-state index is 12.6. The molecule has 146 valence electrons. The van der Waals surface area contributed by atoms with Crippen molar-refractivity contribution in [2.24, 2.45) is 0 Å². The van der Waals surface area contributed by atoms with Gasteiger partial charge in [-0.3, -0.25) is 9.59 Å². The van der Waals surface area contributed by atoms with Crippen LogP contribution >= 0.6 is 11.8 Å². The minimum Gasteiger partial charge on any atom is -0.383 e. The zero-order chi connectivity index (χ0) is 19.8. The molecular formula is C21H23N3O3S. The lowest BCUT2D eigenvalue weighted by molar-refractivity contribution is -0.120. The largest absolute Gasteiger partial charge is 0.383 e. The highest BCUT2D eigenvalue weighted by molar-refractivity contribution is 7.99. The third-order valence-electron chi connectivity index (χ3n) is 4.25. The van der Waals surface area contributed by atoms with E-state index in [0.29, 0.717) is 36.4 Å². The Kier molecular flexibility index (Phi) is 7.22. The lowest BCUT2D eigenvalue weighted by Gasteiger charge is -2.11. The summed E-state index contributed by atoms with van der Waals surface area (Å²) in [6.45, 7) is 1.05. The van der Waals surface area contributed by atoms with Gasteiger partial charge in [0.15, 0.2) is 0 Å². The van der Waals surface area contributed by atoms with Crippen LogP contribution in [0.15, 0.2) is 64.3 Å². The van der Waals surface area contributed by atoms with Crippen LogP contribution in [0.3, 0.4) is 0 Å². The van der Waals surface area contributed by atoms with E-state index in [0.717, 1.165) is 10.3 Å².